The zero-order valence-electron chi connectivity index (χ0n) is 11.0. The quantitative estimate of drug-likeness (QED) is 0.737. The molecule has 2 aromatic carbocycles. The summed E-state index contributed by atoms with van der Waals surface area (Å²) in [6.07, 6.45) is 3.82. The molecular formula is C17H14Cl2O. The van der Waals surface area contributed by atoms with E-state index in [2.05, 4.69) is 12.1 Å². The van der Waals surface area contributed by atoms with Crippen molar-refractivity contribution in [1.29, 1.82) is 0 Å². The highest BCUT2D eigenvalue weighted by molar-refractivity contribution is 6.39. The van der Waals surface area contributed by atoms with E-state index in [0.29, 0.717) is 22.0 Å². The second kappa shape index (κ2) is 5.59. The first-order chi connectivity index (χ1) is 9.65. The molecule has 0 atom stereocenters. The molecule has 1 aliphatic rings. The van der Waals surface area contributed by atoms with Gasteiger partial charge in [-0.3, -0.25) is 4.79 Å². The number of benzene rings is 2. The van der Waals surface area contributed by atoms with Crippen molar-refractivity contribution >= 4 is 29.0 Å². The van der Waals surface area contributed by atoms with Crippen LogP contribution in [0.15, 0.2) is 36.4 Å². The van der Waals surface area contributed by atoms with Gasteiger partial charge in [-0.25, -0.2) is 0 Å². The van der Waals surface area contributed by atoms with E-state index in [1.165, 1.54) is 17.5 Å². The molecule has 0 unspecified atom stereocenters. The second-order valence-corrected chi connectivity index (χ2v) is 5.97. The van der Waals surface area contributed by atoms with Crippen molar-refractivity contribution in [2.75, 3.05) is 0 Å². The summed E-state index contributed by atoms with van der Waals surface area (Å²) in [5.74, 6) is -0.0291. The molecule has 3 heteroatoms. The van der Waals surface area contributed by atoms with Gasteiger partial charge in [0, 0.05) is 6.42 Å². The van der Waals surface area contributed by atoms with Crippen LogP contribution in [0.1, 0.15) is 33.5 Å². The van der Waals surface area contributed by atoms with E-state index in [1.807, 2.05) is 6.07 Å². The van der Waals surface area contributed by atoms with Gasteiger partial charge in [0.2, 0.25) is 0 Å². The fourth-order valence-corrected chi connectivity index (χ4v) is 3.38. The molecule has 0 amide bonds. The summed E-state index contributed by atoms with van der Waals surface area (Å²) in [5.41, 5.74) is 4.25. The van der Waals surface area contributed by atoms with Crippen LogP contribution in [0.5, 0.6) is 0 Å². The Bertz CT molecular complexity index is 656. The maximum Gasteiger partial charge on any atom is 0.170 e. The standard InChI is InChI=1S/C17H14Cl2O/c18-14-5-2-6-15(19)17(14)16(20)10-11-7-8-12-3-1-4-13(12)9-11/h2,5-9H,1,3-4,10H2. The summed E-state index contributed by atoms with van der Waals surface area (Å²) < 4.78 is 0. The van der Waals surface area contributed by atoms with E-state index >= 15 is 0 Å². The van der Waals surface area contributed by atoms with Crippen LogP contribution in [0.25, 0.3) is 0 Å². The summed E-state index contributed by atoms with van der Waals surface area (Å²) in [6, 6.07) is 11.5. The van der Waals surface area contributed by atoms with Gasteiger partial charge in [0.05, 0.1) is 15.6 Å². The number of halogens is 2. The summed E-state index contributed by atoms with van der Waals surface area (Å²) in [4.78, 5) is 12.4. The fraction of sp³-hybridized carbons (Fsp3) is 0.235. The Morgan fingerprint density at radius 1 is 1.00 bits per heavy atom. The lowest BCUT2D eigenvalue weighted by Crippen LogP contribution is -2.05. The molecule has 0 aromatic heterocycles. The van der Waals surface area contributed by atoms with Crippen molar-refractivity contribution in [2.45, 2.75) is 25.7 Å². The van der Waals surface area contributed by atoms with Crippen molar-refractivity contribution in [2.24, 2.45) is 0 Å². The molecule has 20 heavy (non-hydrogen) atoms. The highest BCUT2D eigenvalue weighted by Gasteiger charge is 2.16. The van der Waals surface area contributed by atoms with Crippen LogP contribution in [0.4, 0.5) is 0 Å². The molecule has 2 aromatic rings. The average Bonchev–Trinajstić information content (AvgIpc) is 2.85. The first kappa shape index (κ1) is 13.7. The van der Waals surface area contributed by atoms with E-state index in [1.54, 1.807) is 18.2 Å². The van der Waals surface area contributed by atoms with Crippen LogP contribution >= 0.6 is 23.2 Å². The van der Waals surface area contributed by atoms with Gasteiger partial charge in [0.1, 0.15) is 0 Å². The predicted molar refractivity (Wildman–Crippen MR) is 83.0 cm³/mol. The van der Waals surface area contributed by atoms with Crippen LogP contribution in [-0.4, -0.2) is 5.78 Å². The Kier molecular flexibility index (Phi) is 3.82. The van der Waals surface area contributed by atoms with Crippen molar-refractivity contribution in [3.63, 3.8) is 0 Å². The molecule has 3 rings (SSSR count). The number of hydrogen-bond donors (Lipinski definition) is 0. The zero-order valence-corrected chi connectivity index (χ0v) is 12.5. The third-order valence-electron chi connectivity index (χ3n) is 3.77. The SMILES string of the molecule is O=C(Cc1ccc2c(c1)CCC2)c1c(Cl)cccc1Cl. The van der Waals surface area contributed by atoms with Gasteiger partial charge in [-0.15, -0.1) is 0 Å². The number of hydrogen-bond acceptors (Lipinski definition) is 1. The van der Waals surface area contributed by atoms with Crippen LogP contribution < -0.4 is 0 Å². The smallest absolute Gasteiger partial charge is 0.170 e. The first-order valence-corrected chi connectivity index (χ1v) is 7.48. The topological polar surface area (TPSA) is 17.1 Å². The number of ketones is 1. The number of Topliss-reactive ketones (excluding diaryl/α,β-unsaturated/α-hetero) is 1. The minimum atomic E-state index is -0.0291. The molecule has 0 radical (unpaired) electrons. The zero-order chi connectivity index (χ0) is 14.1. The van der Waals surface area contributed by atoms with Crippen molar-refractivity contribution in [3.8, 4) is 0 Å². The molecule has 0 saturated heterocycles. The number of carbonyl (C=O) groups is 1. The van der Waals surface area contributed by atoms with Gasteiger partial charge in [-0.2, -0.15) is 0 Å². The molecule has 1 nitrogen and oxygen atoms in total. The van der Waals surface area contributed by atoms with Crippen molar-refractivity contribution in [1.82, 2.24) is 0 Å². The molecule has 0 spiro atoms. The average molecular weight is 305 g/mol. The van der Waals surface area contributed by atoms with Gasteiger partial charge >= 0.3 is 0 Å². The Hall–Kier alpha value is -1.31. The van der Waals surface area contributed by atoms with E-state index < -0.39 is 0 Å². The summed E-state index contributed by atoms with van der Waals surface area (Å²) >= 11 is 12.2. The predicted octanol–water partition coefficient (Wildman–Crippen LogP) is 4.91. The Labute approximate surface area is 128 Å². The summed E-state index contributed by atoms with van der Waals surface area (Å²) in [6.45, 7) is 0. The molecule has 1 aliphatic carbocycles. The van der Waals surface area contributed by atoms with E-state index in [0.717, 1.165) is 18.4 Å². The molecule has 102 valence electrons. The molecule has 0 fully saturated rings. The minimum Gasteiger partial charge on any atom is -0.294 e. The van der Waals surface area contributed by atoms with Crippen LogP contribution in [0.2, 0.25) is 10.0 Å². The maximum atomic E-state index is 12.4. The van der Waals surface area contributed by atoms with Gasteiger partial charge in [0.15, 0.2) is 5.78 Å². The lowest BCUT2D eigenvalue weighted by molar-refractivity contribution is 0.0993. The van der Waals surface area contributed by atoms with Crippen LogP contribution in [0, 0.1) is 0 Å². The summed E-state index contributed by atoms with van der Waals surface area (Å²) in [5, 5.41) is 0.840. The van der Waals surface area contributed by atoms with E-state index in [-0.39, 0.29) is 5.78 Å². The molecule has 0 saturated carbocycles. The van der Waals surface area contributed by atoms with Gasteiger partial charge < -0.3 is 0 Å². The first-order valence-electron chi connectivity index (χ1n) is 6.73. The lowest BCUT2D eigenvalue weighted by atomic mass is 9.99. The van der Waals surface area contributed by atoms with Crippen LogP contribution in [-0.2, 0) is 19.3 Å². The number of carbonyl (C=O) groups excluding carboxylic acids is 1. The fourth-order valence-electron chi connectivity index (χ4n) is 2.77. The maximum absolute atomic E-state index is 12.4. The highest BCUT2D eigenvalue weighted by Crippen LogP contribution is 2.27. The Morgan fingerprint density at radius 3 is 2.45 bits per heavy atom. The second-order valence-electron chi connectivity index (χ2n) is 5.15. The van der Waals surface area contributed by atoms with Crippen molar-refractivity contribution < 1.29 is 4.79 Å². The van der Waals surface area contributed by atoms with E-state index in [4.69, 9.17) is 23.2 Å². The molecule has 0 heterocycles. The van der Waals surface area contributed by atoms with E-state index in [9.17, 15) is 4.79 Å². The molecule has 0 aliphatic heterocycles. The third-order valence-corrected chi connectivity index (χ3v) is 4.40. The van der Waals surface area contributed by atoms with Gasteiger partial charge in [-0.05, 0) is 48.1 Å². The monoisotopic (exact) mass is 304 g/mol. The van der Waals surface area contributed by atoms with Gasteiger partial charge in [-0.1, -0.05) is 47.5 Å². The lowest BCUT2D eigenvalue weighted by Gasteiger charge is -2.07. The Balaban J connectivity index is 1.86. The normalized spacial score (nSPS) is 13.3. The molecule has 0 N–H and O–H groups in total. The molecular weight excluding hydrogens is 291 g/mol. The summed E-state index contributed by atoms with van der Waals surface area (Å²) in [7, 11) is 0. The third kappa shape index (κ3) is 2.61. The number of aryl methyl sites for hydroxylation is 2. The van der Waals surface area contributed by atoms with Gasteiger partial charge in [0.25, 0.3) is 0 Å². The number of rotatable bonds is 3. The van der Waals surface area contributed by atoms with Crippen molar-refractivity contribution in [3.05, 3.63) is 68.7 Å². The van der Waals surface area contributed by atoms with Crippen LogP contribution in [0.3, 0.4) is 0 Å². The largest absolute Gasteiger partial charge is 0.294 e. The number of fused-ring (bicyclic) bond motifs is 1. The highest BCUT2D eigenvalue weighted by atomic mass is 35.5. The molecule has 0 bridgehead atoms. The Morgan fingerprint density at radius 2 is 1.70 bits per heavy atom. The minimum absolute atomic E-state index is 0.0291.